The maximum atomic E-state index is 13.0. The van der Waals surface area contributed by atoms with Gasteiger partial charge in [-0.3, -0.25) is 14.5 Å². The number of para-hydroxylation sites is 1. The highest BCUT2D eigenvalue weighted by molar-refractivity contribution is 8.00. The van der Waals surface area contributed by atoms with E-state index in [1.807, 2.05) is 45.9 Å². The molecule has 0 radical (unpaired) electrons. The van der Waals surface area contributed by atoms with E-state index in [0.717, 1.165) is 27.8 Å². The van der Waals surface area contributed by atoms with Crippen LogP contribution in [0.3, 0.4) is 0 Å². The number of carbonyl (C=O) groups excluding carboxylic acids is 3. The predicted molar refractivity (Wildman–Crippen MR) is 130 cm³/mol. The van der Waals surface area contributed by atoms with E-state index in [1.54, 1.807) is 12.1 Å². The van der Waals surface area contributed by atoms with Gasteiger partial charge >= 0.3 is 5.97 Å². The Morgan fingerprint density at radius 1 is 1.09 bits per heavy atom. The molecule has 8 heteroatoms. The summed E-state index contributed by atoms with van der Waals surface area (Å²) in [6.07, 6.45) is 0. The van der Waals surface area contributed by atoms with Crippen LogP contribution in [-0.4, -0.2) is 46.5 Å². The van der Waals surface area contributed by atoms with E-state index in [1.165, 1.54) is 16.7 Å². The minimum absolute atomic E-state index is 0.143. The summed E-state index contributed by atoms with van der Waals surface area (Å²) in [7, 11) is 0. The molecule has 0 aliphatic carbocycles. The number of thioether (sulfide) groups is 1. The molecule has 1 unspecified atom stereocenters. The number of fused-ring (bicyclic) bond motifs is 1. The van der Waals surface area contributed by atoms with Crippen LogP contribution in [0.25, 0.3) is 0 Å². The fraction of sp³-hybridized carbons (Fsp3) is 0.346. The number of rotatable bonds is 7. The molecule has 0 aromatic heterocycles. The van der Waals surface area contributed by atoms with E-state index in [-0.39, 0.29) is 36.1 Å². The van der Waals surface area contributed by atoms with Gasteiger partial charge in [-0.1, -0.05) is 35.9 Å². The van der Waals surface area contributed by atoms with Crippen LogP contribution in [0.2, 0.25) is 0 Å². The third-order valence-corrected chi connectivity index (χ3v) is 7.39. The molecule has 2 amide bonds. The second-order valence-electron chi connectivity index (χ2n) is 8.64. The first-order chi connectivity index (χ1) is 16.3. The highest BCUT2D eigenvalue weighted by Gasteiger charge is 2.54. The smallest absolute Gasteiger partial charge is 0.355 e. The summed E-state index contributed by atoms with van der Waals surface area (Å²) in [5.41, 5.74) is 5.32. The number of ether oxygens (including phenoxy) is 2. The molecule has 1 saturated heterocycles. The fourth-order valence-corrected chi connectivity index (χ4v) is 5.58. The Hall–Kier alpha value is -3.26. The summed E-state index contributed by atoms with van der Waals surface area (Å²) in [6.45, 7) is 7.80. The molecule has 2 aliphatic rings. The molecular weight excluding hydrogens is 452 g/mol. The molecule has 2 atom stereocenters. The summed E-state index contributed by atoms with van der Waals surface area (Å²) in [6, 6.07) is 12.4. The number of nitrogens with zero attached hydrogens (tertiary/aromatic N) is 1. The van der Waals surface area contributed by atoms with Gasteiger partial charge in [0.15, 0.2) is 6.61 Å². The van der Waals surface area contributed by atoms with Gasteiger partial charge < -0.3 is 14.8 Å². The van der Waals surface area contributed by atoms with Gasteiger partial charge in [-0.15, -0.1) is 11.8 Å². The molecule has 0 bridgehead atoms. The molecule has 0 saturated carbocycles. The summed E-state index contributed by atoms with van der Waals surface area (Å²) < 4.78 is 11.1. The second kappa shape index (κ2) is 9.93. The number of nitrogens with one attached hydrogen (secondary N) is 1. The van der Waals surface area contributed by atoms with E-state index < -0.39 is 12.0 Å². The van der Waals surface area contributed by atoms with Crippen molar-refractivity contribution < 1.29 is 23.9 Å². The quantitative estimate of drug-likeness (QED) is 0.483. The first-order valence-corrected chi connectivity index (χ1v) is 12.2. The van der Waals surface area contributed by atoms with Crippen LogP contribution in [0.1, 0.15) is 29.2 Å². The molecule has 178 valence electrons. The Balaban J connectivity index is 1.37. The molecule has 2 aromatic carbocycles. The lowest BCUT2D eigenvalue weighted by atomic mass is 10.0. The van der Waals surface area contributed by atoms with Crippen LogP contribution in [0, 0.1) is 20.8 Å². The normalized spacial score (nSPS) is 19.3. The highest BCUT2D eigenvalue weighted by atomic mass is 32.2. The van der Waals surface area contributed by atoms with E-state index in [2.05, 4.69) is 17.4 Å². The molecule has 0 spiro atoms. The van der Waals surface area contributed by atoms with Crippen LogP contribution in [0.4, 0.5) is 0 Å². The van der Waals surface area contributed by atoms with E-state index in [9.17, 15) is 14.4 Å². The predicted octanol–water partition coefficient (Wildman–Crippen LogP) is 3.41. The molecule has 2 aromatic rings. The average Bonchev–Trinajstić information content (AvgIpc) is 2.80. The van der Waals surface area contributed by atoms with Gasteiger partial charge in [-0.2, -0.15) is 0 Å². The van der Waals surface area contributed by atoms with Crippen molar-refractivity contribution in [1.29, 1.82) is 0 Å². The van der Waals surface area contributed by atoms with Crippen molar-refractivity contribution in [3.05, 3.63) is 76.0 Å². The van der Waals surface area contributed by atoms with Crippen molar-refractivity contribution in [3.63, 3.8) is 0 Å². The van der Waals surface area contributed by atoms with Crippen molar-refractivity contribution in [3.8, 4) is 5.75 Å². The zero-order chi connectivity index (χ0) is 24.4. The number of hydrogen-bond donors (Lipinski definition) is 1. The van der Waals surface area contributed by atoms with Crippen LogP contribution in [0.15, 0.2) is 53.7 Å². The van der Waals surface area contributed by atoms with E-state index in [4.69, 9.17) is 9.47 Å². The average molecular weight is 481 g/mol. The van der Waals surface area contributed by atoms with Crippen molar-refractivity contribution >= 4 is 29.5 Å². The molecule has 2 heterocycles. The molecular formula is C26H28N2O5S. The molecule has 7 nitrogen and oxygen atoms in total. The highest BCUT2D eigenvalue weighted by Crippen LogP contribution is 2.40. The molecule has 1 N–H and O–H groups in total. The molecule has 34 heavy (non-hydrogen) atoms. The second-order valence-corrected chi connectivity index (χ2v) is 9.74. The Kier molecular flexibility index (Phi) is 6.97. The van der Waals surface area contributed by atoms with Gasteiger partial charge in [0.2, 0.25) is 0 Å². The van der Waals surface area contributed by atoms with Crippen LogP contribution in [0.5, 0.6) is 5.75 Å². The zero-order valence-corrected chi connectivity index (χ0v) is 20.5. The minimum Gasteiger partial charge on any atom is -0.484 e. The zero-order valence-electron chi connectivity index (χ0n) is 19.7. The third-order valence-electron chi connectivity index (χ3n) is 5.97. The van der Waals surface area contributed by atoms with E-state index in [0.29, 0.717) is 11.5 Å². The Morgan fingerprint density at radius 3 is 2.44 bits per heavy atom. The molecule has 2 aliphatic heterocycles. The maximum absolute atomic E-state index is 13.0. The minimum atomic E-state index is -0.700. The van der Waals surface area contributed by atoms with Gasteiger partial charge in [-0.25, -0.2) is 4.79 Å². The van der Waals surface area contributed by atoms with Crippen molar-refractivity contribution in [2.24, 2.45) is 0 Å². The van der Waals surface area contributed by atoms with Crippen LogP contribution < -0.4 is 10.1 Å². The van der Waals surface area contributed by atoms with Crippen molar-refractivity contribution in [1.82, 2.24) is 10.2 Å². The van der Waals surface area contributed by atoms with E-state index >= 15 is 0 Å². The number of amides is 2. The van der Waals surface area contributed by atoms with Crippen LogP contribution in [-0.2, 0) is 25.7 Å². The number of esters is 1. The maximum Gasteiger partial charge on any atom is 0.355 e. The number of β-lactam (4-membered cyclic amide) rings is 1. The Labute approximate surface area is 203 Å². The number of benzene rings is 2. The number of aryl methyl sites for hydroxylation is 3. The van der Waals surface area contributed by atoms with Gasteiger partial charge in [0.25, 0.3) is 11.8 Å². The Morgan fingerprint density at radius 2 is 1.76 bits per heavy atom. The summed E-state index contributed by atoms with van der Waals surface area (Å²) in [5.74, 6) is -0.0713. The lowest BCUT2D eigenvalue weighted by molar-refractivity contribution is -0.153. The topological polar surface area (TPSA) is 84.9 Å². The fourth-order valence-electron chi connectivity index (χ4n) is 4.29. The monoisotopic (exact) mass is 480 g/mol. The van der Waals surface area contributed by atoms with Gasteiger partial charge in [-0.05, 0) is 62.1 Å². The molecule has 4 rings (SSSR count). The summed E-state index contributed by atoms with van der Waals surface area (Å²) >= 11 is 1.52. The third kappa shape index (κ3) is 4.82. The largest absolute Gasteiger partial charge is 0.484 e. The summed E-state index contributed by atoms with van der Waals surface area (Å²) in [5, 5.41) is 2.39. The molecule has 1 fully saturated rings. The van der Waals surface area contributed by atoms with Crippen molar-refractivity contribution in [2.75, 3.05) is 12.4 Å². The first kappa shape index (κ1) is 23.9. The number of carbonyl (C=O) groups is 3. The number of hydrogen-bond acceptors (Lipinski definition) is 6. The van der Waals surface area contributed by atoms with Crippen LogP contribution >= 0.6 is 11.8 Å². The lowest BCUT2D eigenvalue weighted by Crippen LogP contribution is -2.70. The SMILES string of the molecule is CC1=C(C(=O)OCc2c(C)cc(C)cc2C)N2C(=O)C(NC(=O)COc3ccccc3)[C@H]2SC1. The standard InChI is InChI=1S/C26H28N2O5S/c1-15-10-16(2)20(17(3)11-15)12-33-26(31)23-18(4)14-34-25-22(24(30)28(23)25)27-21(29)13-32-19-8-6-5-7-9-19/h5-11,22,25H,12-14H2,1-4H3,(H,27,29)/t22?,25-/m1/s1. The first-order valence-electron chi connectivity index (χ1n) is 11.1. The van der Waals surface area contributed by atoms with Gasteiger partial charge in [0.1, 0.15) is 29.5 Å². The Bertz CT molecular complexity index is 1140. The van der Waals surface area contributed by atoms with Crippen molar-refractivity contribution in [2.45, 2.75) is 45.7 Å². The van der Waals surface area contributed by atoms with Gasteiger partial charge in [0.05, 0.1) is 0 Å². The lowest BCUT2D eigenvalue weighted by Gasteiger charge is -2.49. The summed E-state index contributed by atoms with van der Waals surface area (Å²) in [4.78, 5) is 39.7. The van der Waals surface area contributed by atoms with Gasteiger partial charge in [0, 0.05) is 5.75 Å².